The Hall–Kier alpha value is -1.51. The van der Waals surface area contributed by atoms with E-state index in [1.54, 1.807) is 0 Å². The van der Waals surface area contributed by atoms with E-state index in [1.807, 2.05) is 18.2 Å². The van der Waals surface area contributed by atoms with Crippen molar-refractivity contribution in [2.24, 2.45) is 0 Å². The summed E-state index contributed by atoms with van der Waals surface area (Å²) in [5.74, 6) is -0.0897. The Bertz CT molecular complexity index is 399. The van der Waals surface area contributed by atoms with Gasteiger partial charge in [0.25, 0.3) is 0 Å². The summed E-state index contributed by atoms with van der Waals surface area (Å²) in [6, 6.07) is 7.87. The molecule has 1 N–H and O–H groups in total. The van der Waals surface area contributed by atoms with Crippen LogP contribution in [0.4, 0.5) is 5.69 Å². The van der Waals surface area contributed by atoms with E-state index in [0.29, 0.717) is 0 Å². The Balaban J connectivity index is 1.62. The second-order valence-electron chi connectivity index (χ2n) is 4.90. The molecule has 3 heteroatoms. The largest absolute Gasteiger partial charge is 0.461 e. The molecule has 0 aromatic heterocycles. The van der Waals surface area contributed by atoms with Gasteiger partial charge in [-0.25, -0.2) is 4.79 Å². The quantitative estimate of drug-likeness (QED) is 0.795. The maximum absolute atomic E-state index is 12.0. The van der Waals surface area contributed by atoms with Gasteiger partial charge in [0.2, 0.25) is 0 Å². The number of nitrogens with one attached hydrogen (secondary N) is 1. The fourth-order valence-electron chi connectivity index (χ4n) is 2.69. The number of rotatable bonds is 2. The lowest BCUT2D eigenvalue weighted by molar-refractivity contribution is -0.149. The maximum atomic E-state index is 12.0. The normalized spacial score (nSPS) is 23.2. The number of ether oxygens (including phenoxy) is 1. The first-order valence-corrected chi connectivity index (χ1v) is 6.38. The molecule has 1 aliphatic carbocycles. The number of benzene rings is 1. The predicted molar refractivity (Wildman–Crippen MR) is 65.9 cm³/mol. The topological polar surface area (TPSA) is 38.3 Å². The highest BCUT2D eigenvalue weighted by Crippen LogP contribution is 2.27. The number of fused-ring (bicyclic) bond motifs is 1. The first-order chi connectivity index (χ1) is 8.33. The highest BCUT2D eigenvalue weighted by molar-refractivity contribution is 5.83. The molecule has 0 amide bonds. The Morgan fingerprint density at radius 3 is 2.76 bits per heavy atom. The molecule has 1 unspecified atom stereocenters. The first kappa shape index (κ1) is 10.6. The molecular weight excluding hydrogens is 214 g/mol. The third-order valence-corrected chi connectivity index (χ3v) is 3.64. The van der Waals surface area contributed by atoms with Crippen LogP contribution in [0.3, 0.4) is 0 Å². The first-order valence-electron chi connectivity index (χ1n) is 6.38. The van der Waals surface area contributed by atoms with Crippen LogP contribution >= 0.6 is 0 Å². The molecule has 1 aromatic carbocycles. The van der Waals surface area contributed by atoms with Gasteiger partial charge in [0.15, 0.2) is 0 Å². The minimum atomic E-state index is -0.187. The Labute approximate surface area is 101 Å². The van der Waals surface area contributed by atoms with Crippen LogP contribution in [0.15, 0.2) is 24.3 Å². The Morgan fingerprint density at radius 2 is 2.00 bits per heavy atom. The standard InChI is InChI=1S/C14H17NO2/c16-14(17-11-6-2-3-7-11)13-9-10-5-1-4-8-12(10)15-13/h1,4-5,8,11,13,15H,2-3,6-7,9H2. The monoisotopic (exact) mass is 231 g/mol. The fraction of sp³-hybridized carbons (Fsp3) is 0.500. The molecule has 1 heterocycles. The predicted octanol–water partition coefficient (Wildman–Crippen LogP) is 2.51. The Morgan fingerprint density at radius 1 is 1.24 bits per heavy atom. The van der Waals surface area contributed by atoms with Crippen LogP contribution in [0.25, 0.3) is 0 Å². The molecule has 90 valence electrons. The van der Waals surface area contributed by atoms with Gasteiger partial charge in [-0.1, -0.05) is 18.2 Å². The lowest BCUT2D eigenvalue weighted by Gasteiger charge is -2.15. The molecule has 2 aliphatic rings. The van der Waals surface area contributed by atoms with Crippen LogP contribution in [0.2, 0.25) is 0 Å². The molecule has 3 rings (SSSR count). The highest BCUT2D eigenvalue weighted by Gasteiger charge is 2.30. The summed E-state index contributed by atoms with van der Waals surface area (Å²) in [7, 11) is 0. The number of esters is 1. The van der Waals surface area contributed by atoms with Crippen LogP contribution in [-0.2, 0) is 16.0 Å². The van der Waals surface area contributed by atoms with E-state index in [2.05, 4.69) is 11.4 Å². The van der Waals surface area contributed by atoms with E-state index in [1.165, 1.54) is 18.4 Å². The van der Waals surface area contributed by atoms with Crippen molar-refractivity contribution in [3.8, 4) is 0 Å². The van der Waals surface area contributed by atoms with Crippen molar-refractivity contribution in [1.82, 2.24) is 0 Å². The minimum Gasteiger partial charge on any atom is -0.461 e. The molecule has 1 saturated carbocycles. The molecule has 0 radical (unpaired) electrons. The highest BCUT2D eigenvalue weighted by atomic mass is 16.5. The van der Waals surface area contributed by atoms with Crippen LogP contribution in [0, 0.1) is 0 Å². The molecule has 1 aliphatic heterocycles. The summed E-state index contributed by atoms with van der Waals surface area (Å²) in [6.45, 7) is 0. The van der Waals surface area contributed by atoms with E-state index in [4.69, 9.17) is 4.74 Å². The molecule has 1 fully saturated rings. The summed E-state index contributed by atoms with van der Waals surface area (Å²) >= 11 is 0. The van der Waals surface area contributed by atoms with Crippen molar-refractivity contribution in [2.45, 2.75) is 44.2 Å². The third-order valence-electron chi connectivity index (χ3n) is 3.64. The summed E-state index contributed by atoms with van der Waals surface area (Å²) in [5, 5.41) is 3.23. The lowest BCUT2D eigenvalue weighted by Crippen LogP contribution is -2.31. The summed E-state index contributed by atoms with van der Waals surface area (Å²) in [4.78, 5) is 12.0. The molecule has 0 bridgehead atoms. The fourth-order valence-corrected chi connectivity index (χ4v) is 2.69. The van der Waals surface area contributed by atoms with Crippen molar-refractivity contribution in [2.75, 3.05) is 5.32 Å². The van der Waals surface area contributed by atoms with Gasteiger partial charge in [-0.3, -0.25) is 0 Å². The zero-order valence-corrected chi connectivity index (χ0v) is 9.82. The number of para-hydroxylation sites is 1. The van der Waals surface area contributed by atoms with E-state index < -0.39 is 0 Å². The number of hydrogen-bond acceptors (Lipinski definition) is 3. The van der Waals surface area contributed by atoms with Gasteiger partial charge in [-0.15, -0.1) is 0 Å². The van der Waals surface area contributed by atoms with Gasteiger partial charge in [-0.2, -0.15) is 0 Å². The smallest absolute Gasteiger partial charge is 0.329 e. The molecule has 1 aromatic rings. The van der Waals surface area contributed by atoms with Crippen molar-refractivity contribution in [3.63, 3.8) is 0 Å². The molecule has 0 spiro atoms. The number of hydrogen-bond donors (Lipinski definition) is 1. The SMILES string of the molecule is O=C(OC1CCCC1)C1Cc2ccccc2N1. The molecule has 17 heavy (non-hydrogen) atoms. The van der Waals surface area contributed by atoms with E-state index >= 15 is 0 Å². The van der Waals surface area contributed by atoms with E-state index in [0.717, 1.165) is 24.9 Å². The molecule has 1 atom stereocenters. The summed E-state index contributed by atoms with van der Waals surface area (Å²) in [5.41, 5.74) is 2.28. The number of carbonyl (C=O) groups excluding carboxylic acids is 1. The van der Waals surface area contributed by atoms with Crippen molar-refractivity contribution >= 4 is 11.7 Å². The summed E-state index contributed by atoms with van der Waals surface area (Å²) in [6.07, 6.45) is 5.36. The van der Waals surface area contributed by atoms with E-state index in [-0.39, 0.29) is 18.1 Å². The van der Waals surface area contributed by atoms with Crippen LogP contribution in [0.5, 0.6) is 0 Å². The molecular formula is C14H17NO2. The third kappa shape index (κ3) is 2.14. The zero-order chi connectivity index (χ0) is 11.7. The zero-order valence-electron chi connectivity index (χ0n) is 9.82. The average Bonchev–Trinajstić information content (AvgIpc) is 2.96. The van der Waals surface area contributed by atoms with Crippen molar-refractivity contribution in [3.05, 3.63) is 29.8 Å². The van der Waals surface area contributed by atoms with Gasteiger partial charge >= 0.3 is 5.97 Å². The number of anilines is 1. The molecule has 0 saturated heterocycles. The van der Waals surface area contributed by atoms with Gasteiger partial charge in [0.05, 0.1) is 0 Å². The van der Waals surface area contributed by atoms with Gasteiger partial charge in [0, 0.05) is 12.1 Å². The van der Waals surface area contributed by atoms with Gasteiger partial charge in [0.1, 0.15) is 12.1 Å². The lowest BCUT2D eigenvalue weighted by atomic mass is 10.1. The number of carbonyl (C=O) groups is 1. The molecule has 3 nitrogen and oxygen atoms in total. The average molecular weight is 231 g/mol. The maximum Gasteiger partial charge on any atom is 0.329 e. The van der Waals surface area contributed by atoms with Crippen LogP contribution in [0.1, 0.15) is 31.2 Å². The van der Waals surface area contributed by atoms with Crippen molar-refractivity contribution in [1.29, 1.82) is 0 Å². The second-order valence-corrected chi connectivity index (χ2v) is 4.90. The van der Waals surface area contributed by atoms with Crippen LogP contribution in [-0.4, -0.2) is 18.1 Å². The minimum absolute atomic E-state index is 0.0897. The van der Waals surface area contributed by atoms with Gasteiger partial charge in [-0.05, 0) is 37.3 Å². The van der Waals surface area contributed by atoms with Crippen molar-refractivity contribution < 1.29 is 9.53 Å². The van der Waals surface area contributed by atoms with Crippen LogP contribution < -0.4 is 5.32 Å². The Kier molecular flexibility index (Phi) is 2.75. The summed E-state index contributed by atoms with van der Waals surface area (Å²) < 4.78 is 5.53. The van der Waals surface area contributed by atoms with Gasteiger partial charge < -0.3 is 10.1 Å². The second kappa shape index (κ2) is 4.40. The van der Waals surface area contributed by atoms with E-state index in [9.17, 15) is 4.79 Å².